The van der Waals surface area contributed by atoms with Gasteiger partial charge in [0.25, 0.3) is 0 Å². The molecule has 22 heavy (non-hydrogen) atoms. The molecule has 0 aliphatic carbocycles. The zero-order valence-corrected chi connectivity index (χ0v) is 13.4. The largest absolute Gasteiger partial charge is 0.465 e. The molecular weight excluding hydrogens is 320 g/mol. The third-order valence-electron chi connectivity index (χ3n) is 2.84. The number of rotatable bonds is 7. The van der Waals surface area contributed by atoms with Crippen LogP contribution >= 0.6 is 21.6 Å². The Balaban J connectivity index is 1.87. The van der Waals surface area contributed by atoms with Gasteiger partial charge in [0.15, 0.2) is 0 Å². The highest BCUT2D eigenvalue weighted by atomic mass is 33.1. The molecular formula is C15H16N2O3S2. The van der Waals surface area contributed by atoms with Crippen LogP contribution in [0.3, 0.4) is 0 Å². The number of carbonyl (C=O) groups is 1. The summed E-state index contributed by atoms with van der Waals surface area (Å²) in [6.07, 6.45) is 0.745. The van der Waals surface area contributed by atoms with Gasteiger partial charge in [-0.3, -0.25) is 4.90 Å². The molecule has 1 amide bonds. The van der Waals surface area contributed by atoms with E-state index in [-0.39, 0.29) is 6.61 Å². The predicted molar refractivity (Wildman–Crippen MR) is 90.3 cm³/mol. The van der Waals surface area contributed by atoms with Crippen LogP contribution in [0.25, 0.3) is 0 Å². The lowest BCUT2D eigenvalue weighted by Crippen LogP contribution is -2.31. The van der Waals surface area contributed by atoms with Crippen LogP contribution in [-0.2, 0) is 6.61 Å². The van der Waals surface area contributed by atoms with Crippen molar-refractivity contribution in [3.05, 3.63) is 54.2 Å². The Morgan fingerprint density at radius 1 is 1.18 bits per heavy atom. The summed E-state index contributed by atoms with van der Waals surface area (Å²) in [4.78, 5) is 16.9. The predicted octanol–water partition coefficient (Wildman–Crippen LogP) is 3.50. The molecule has 2 N–H and O–H groups in total. The molecule has 1 aromatic carbocycles. The Morgan fingerprint density at radius 3 is 2.55 bits per heavy atom. The van der Waals surface area contributed by atoms with Crippen molar-refractivity contribution in [2.75, 3.05) is 17.2 Å². The maximum atomic E-state index is 11.4. The summed E-state index contributed by atoms with van der Waals surface area (Å²) in [6.45, 7) is 0.336. The molecule has 2 aromatic rings. The molecule has 1 aromatic heterocycles. The number of hydrogen-bond donors (Lipinski definition) is 2. The Labute approximate surface area is 136 Å². The molecule has 0 atom stereocenters. The normalized spacial score (nSPS) is 10.4. The van der Waals surface area contributed by atoms with Crippen molar-refractivity contribution in [2.45, 2.75) is 11.6 Å². The number of hydrogen-bond acceptors (Lipinski definition) is 5. The van der Waals surface area contributed by atoms with Crippen LogP contribution in [0.15, 0.2) is 53.7 Å². The first kappa shape index (κ1) is 16.7. The topological polar surface area (TPSA) is 73.7 Å². The van der Waals surface area contributed by atoms with E-state index in [4.69, 9.17) is 5.11 Å². The lowest BCUT2D eigenvalue weighted by Gasteiger charge is -2.19. The number of aliphatic hydroxyl groups is 1. The van der Waals surface area contributed by atoms with E-state index in [1.807, 2.05) is 18.2 Å². The summed E-state index contributed by atoms with van der Waals surface area (Å²) in [5.41, 5.74) is 1.36. The van der Waals surface area contributed by atoms with Gasteiger partial charge in [0.1, 0.15) is 5.03 Å². The molecule has 0 spiro atoms. The number of pyridine rings is 1. The van der Waals surface area contributed by atoms with E-state index in [1.54, 1.807) is 41.3 Å². The Kier molecular flexibility index (Phi) is 6.57. The molecule has 0 saturated heterocycles. The number of nitrogens with zero attached hydrogens (tertiary/aromatic N) is 2. The van der Waals surface area contributed by atoms with Gasteiger partial charge in [-0.05, 0) is 40.6 Å². The molecule has 116 valence electrons. The first-order valence-electron chi connectivity index (χ1n) is 6.61. The number of carboxylic acid groups (broad SMARTS) is 1. The molecule has 0 fully saturated rings. The minimum atomic E-state index is -0.986. The highest BCUT2D eigenvalue weighted by Crippen LogP contribution is 2.29. The van der Waals surface area contributed by atoms with Gasteiger partial charge >= 0.3 is 6.09 Å². The zero-order chi connectivity index (χ0) is 15.8. The van der Waals surface area contributed by atoms with Gasteiger partial charge in [-0.1, -0.05) is 29.0 Å². The van der Waals surface area contributed by atoms with Crippen molar-refractivity contribution in [3.63, 3.8) is 0 Å². The van der Waals surface area contributed by atoms with Crippen LogP contribution in [0.5, 0.6) is 0 Å². The van der Waals surface area contributed by atoms with E-state index in [0.29, 0.717) is 18.0 Å². The highest BCUT2D eigenvalue weighted by molar-refractivity contribution is 8.76. The fourth-order valence-electron chi connectivity index (χ4n) is 1.74. The van der Waals surface area contributed by atoms with Crippen molar-refractivity contribution >= 4 is 33.4 Å². The summed E-state index contributed by atoms with van der Waals surface area (Å²) in [6, 6.07) is 12.5. The number of amides is 1. The van der Waals surface area contributed by atoms with Crippen LogP contribution in [0, 0.1) is 0 Å². The maximum Gasteiger partial charge on any atom is 0.411 e. The lowest BCUT2D eigenvalue weighted by molar-refractivity contribution is 0.202. The molecule has 7 heteroatoms. The first-order chi connectivity index (χ1) is 10.7. The monoisotopic (exact) mass is 336 g/mol. The second-order valence-electron chi connectivity index (χ2n) is 4.33. The summed E-state index contributed by atoms with van der Waals surface area (Å²) < 4.78 is 0. The van der Waals surface area contributed by atoms with E-state index in [0.717, 1.165) is 10.6 Å². The average molecular weight is 336 g/mol. The maximum absolute atomic E-state index is 11.4. The molecule has 0 bridgehead atoms. The van der Waals surface area contributed by atoms with Crippen molar-refractivity contribution < 1.29 is 15.0 Å². The van der Waals surface area contributed by atoms with Gasteiger partial charge in [0.2, 0.25) is 0 Å². The second-order valence-corrected chi connectivity index (χ2v) is 6.77. The summed E-state index contributed by atoms with van der Waals surface area (Å²) >= 11 is 0. The third-order valence-corrected chi connectivity index (χ3v) is 5.09. The van der Waals surface area contributed by atoms with E-state index >= 15 is 0 Å². The number of aliphatic hydroxyl groups excluding tert-OH is 1. The molecule has 0 aliphatic heterocycles. The van der Waals surface area contributed by atoms with Crippen molar-refractivity contribution in [1.82, 2.24) is 4.98 Å². The van der Waals surface area contributed by atoms with Crippen LogP contribution in [0.4, 0.5) is 10.5 Å². The van der Waals surface area contributed by atoms with Crippen molar-refractivity contribution in [1.29, 1.82) is 0 Å². The van der Waals surface area contributed by atoms with E-state index in [1.165, 1.54) is 15.7 Å². The fourth-order valence-corrected chi connectivity index (χ4v) is 3.57. The van der Waals surface area contributed by atoms with Gasteiger partial charge in [-0.25, -0.2) is 9.78 Å². The molecule has 0 saturated carbocycles. The first-order valence-corrected chi connectivity index (χ1v) is 8.93. The van der Waals surface area contributed by atoms with E-state index < -0.39 is 6.09 Å². The second kappa shape index (κ2) is 8.67. The summed E-state index contributed by atoms with van der Waals surface area (Å²) in [7, 11) is 3.09. The summed E-state index contributed by atoms with van der Waals surface area (Å²) in [5.74, 6) is 0.648. The van der Waals surface area contributed by atoms with Gasteiger partial charge in [-0.2, -0.15) is 0 Å². The quantitative estimate of drug-likeness (QED) is 0.595. The standard InChI is InChI=1S/C15H16N2O3S2/c18-11-12-4-6-13(7-5-12)17(15(19)20)9-10-21-22-14-3-1-2-8-16-14/h1-8,18H,9-11H2,(H,19,20). The molecule has 5 nitrogen and oxygen atoms in total. The van der Waals surface area contributed by atoms with Crippen LogP contribution in [0.1, 0.15) is 5.56 Å². The Bertz CT molecular complexity index is 593. The lowest BCUT2D eigenvalue weighted by atomic mass is 10.2. The Morgan fingerprint density at radius 2 is 1.95 bits per heavy atom. The zero-order valence-electron chi connectivity index (χ0n) is 11.8. The number of aromatic nitrogens is 1. The third kappa shape index (κ3) is 4.94. The van der Waals surface area contributed by atoms with Gasteiger partial charge in [0, 0.05) is 24.2 Å². The average Bonchev–Trinajstić information content (AvgIpc) is 2.56. The van der Waals surface area contributed by atoms with Crippen LogP contribution in [0.2, 0.25) is 0 Å². The number of anilines is 1. The molecule has 0 aliphatic rings. The Hall–Kier alpha value is -1.70. The molecule has 2 rings (SSSR count). The SMILES string of the molecule is O=C(O)N(CCSSc1ccccn1)c1ccc(CO)cc1. The van der Waals surface area contributed by atoms with E-state index in [9.17, 15) is 9.90 Å². The minimum Gasteiger partial charge on any atom is -0.465 e. The van der Waals surface area contributed by atoms with Crippen LogP contribution in [-0.4, -0.2) is 33.6 Å². The molecule has 0 radical (unpaired) electrons. The van der Waals surface area contributed by atoms with Gasteiger partial charge < -0.3 is 10.2 Å². The van der Waals surface area contributed by atoms with Crippen molar-refractivity contribution in [3.8, 4) is 0 Å². The van der Waals surface area contributed by atoms with Crippen molar-refractivity contribution in [2.24, 2.45) is 0 Å². The van der Waals surface area contributed by atoms with Gasteiger partial charge in [0.05, 0.1) is 6.61 Å². The highest BCUT2D eigenvalue weighted by Gasteiger charge is 2.14. The van der Waals surface area contributed by atoms with Gasteiger partial charge in [-0.15, -0.1) is 0 Å². The molecule has 0 unspecified atom stereocenters. The minimum absolute atomic E-state index is 0.0517. The number of benzene rings is 1. The van der Waals surface area contributed by atoms with E-state index in [2.05, 4.69) is 4.98 Å². The fraction of sp³-hybridized carbons (Fsp3) is 0.200. The van der Waals surface area contributed by atoms with Crippen LogP contribution < -0.4 is 4.90 Å². The molecule has 1 heterocycles. The summed E-state index contributed by atoms with van der Waals surface area (Å²) in [5, 5.41) is 19.2. The smallest absolute Gasteiger partial charge is 0.411 e.